The summed E-state index contributed by atoms with van der Waals surface area (Å²) in [6, 6.07) is 8.53. The third kappa shape index (κ3) is 9.46. The maximum atomic E-state index is 12.1. The number of aromatic nitrogens is 3. The van der Waals surface area contributed by atoms with Crippen LogP contribution in [-0.4, -0.2) is 77.6 Å². The molecule has 44 heavy (non-hydrogen) atoms. The van der Waals surface area contributed by atoms with Crippen molar-refractivity contribution in [2.75, 3.05) is 58.4 Å². The Kier molecular flexibility index (Phi) is 12.8. The van der Waals surface area contributed by atoms with E-state index >= 15 is 0 Å². The Bertz CT molecular complexity index is 1380. The molecule has 0 fully saturated rings. The number of anilines is 1. The minimum Gasteiger partial charge on any atom is -0.475 e. The van der Waals surface area contributed by atoms with Crippen molar-refractivity contribution in [3.8, 4) is 5.88 Å². The maximum Gasteiger partial charge on any atom is 0.253 e. The summed E-state index contributed by atoms with van der Waals surface area (Å²) in [5, 5.41) is 8.01. The number of carbonyl (C=O) groups is 1. The maximum absolute atomic E-state index is 12.1. The van der Waals surface area contributed by atoms with Crippen molar-refractivity contribution in [1.82, 2.24) is 23.9 Å². The van der Waals surface area contributed by atoms with Gasteiger partial charge in [0.25, 0.3) is 5.88 Å². The number of rotatable bonds is 18. The molecule has 3 aromatic rings. The first-order chi connectivity index (χ1) is 21.7. The van der Waals surface area contributed by atoms with Crippen molar-refractivity contribution >= 4 is 39.8 Å². The molecule has 0 spiro atoms. The van der Waals surface area contributed by atoms with Gasteiger partial charge in [-0.2, -0.15) is 4.37 Å². The number of aryl methyl sites for hydroxylation is 1. The smallest absolute Gasteiger partial charge is 0.253 e. The Balaban J connectivity index is 0.857. The summed E-state index contributed by atoms with van der Waals surface area (Å²) < 4.78 is 20.1. The molecule has 0 atom stereocenters. The molecule has 0 saturated heterocycles. The quantitative estimate of drug-likeness (QED) is 0.166. The lowest BCUT2D eigenvalue weighted by Gasteiger charge is -2.22. The van der Waals surface area contributed by atoms with Gasteiger partial charge in [-0.1, -0.05) is 50.0 Å². The molecule has 1 aromatic carbocycles. The van der Waals surface area contributed by atoms with E-state index in [1.807, 2.05) is 0 Å². The zero-order valence-electron chi connectivity index (χ0n) is 26.2. The van der Waals surface area contributed by atoms with Gasteiger partial charge < -0.3 is 25.0 Å². The van der Waals surface area contributed by atoms with Gasteiger partial charge in [0.05, 0.1) is 30.5 Å². The lowest BCUT2D eigenvalue weighted by Crippen LogP contribution is -2.28. The number of pyridine rings is 1. The number of benzene rings is 1. The predicted octanol–water partition coefficient (Wildman–Crippen LogP) is 6.04. The van der Waals surface area contributed by atoms with Gasteiger partial charge in [0.1, 0.15) is 12.3 Å². The number of fused-ring (bicyclic) bond motifs is 2. The highest BCUT2D eigenvalue weighted by Crippen LogP contribution is 2.33. The van der Waals surface area contributed by atoms with E-state index in [1.54, 1.807) is 0 Å². The number of hydrogen-bond acceptors (Lipinski definition) is 9. The zero-order valence-corrected chi connectivity index (χ0v) is 27.1. The molecule has 1 aliphatic carbocycles. The van der Waals surface area contributed by atoms with Crippen LogP contribution in [0, 0.1) is 0 Å². The lowest BCUT2D eigenvalue weighted by atomic mass is 9.92. The van der Waals surface area contributed by atoms with Gasteiger partial charge in [-0.15, -0.1) is 4.37 Å². The highest BCUT2D eigenvalue weighted by atomic mass is 32.1. The number of unbranched alkanes of at least 4 members (excludes halogenated alkanes) is 5. The summed E-state index contributed by atoms with van der Waals surface area (Å²) in [7, 11) is 2.11. The Morgan fingerprint density at radius 2 is 1.80 bits per heavy atom. The van der Waals surface area contributed by atoms with Crippen LogP contribution in [-0.2, 0) is 22.4 Å². The number of carbonyl (C=O) groups excluding carboxylic acids is 1. The predicted molar refractivity (Wildman–Crippen MR) is 179 cm³/mol. The van der Waals surface area contributed by atoms with E-state index in [0.717, 1.165) is 62.9 Å². The summed E-state index contributed by atoms with van der Waals surface area (Å²) in [5.41, 5.74) is 7.19. The van der Waals surface area contributed by atoms with Gasteiger partial charge in [0, 0.05) is 49.4 Å². The molecule has 5 rings (SSSR count). The van der Waals surface area contributed by atoms with Crippen LogP contribution in [0.3, 0.4) is 0 Å². The van der Waals surface area contributed by atoms with Gasteiger partial charge in [0.15, 0.2) is 0 Å². The molecule has 3 heterocycles. The van der Waals surface area contributed by atoms with Crippen LogP contribution >= 0.6 is 11.7 Å². The van der Waals surface area contributed by atoms with Gasteiger partial charge >= 0.3 is 0 Å². The monoisotopic (exact) mass is 620 g/mol. The topological polar surface area (TPSA) is 102 Å². The first-order valence-corrected chi connectivity index (χ1v) is 17.2. The number of hydrogen-bond donors (Lipinski definition) is 2. The number of ether oxygens (including phenoxy) is 2. The van der Waals surface area contributed by atoms with Crippen LogP contribution < -0.4 is 15.4 Å². The van der Waals surface area contributed by atoms with Crippen LogP contribution in [0.1, 0.15) is 81.2 Å². The second-order valence-corrected chi connectivity index (χ2v) is 12.5. The van der Waals surface area contributed by atoms with Crippen molar-refractivity contribution in [3.05, 3.63) is 47.3 Å². The molecule has 0 unspecified atom stereocenters. The van der Waals surface area contributed by atoms with Crippen LogP contribution in [0.4, 0.5) is 5.69 Å². The van der Waals surface area contributed by atoms with Gasteiger partial charge in [-0.3, -0.25) is 9.78 Å². The number of nitrogens with one attached hydrogen (secondary N) is 2. The second-order valence-electron chi connectivity index (χ2n) is 12.0. The van der Waals surface area contributed by atoms with E-state index in [1.165, 1.54) is 78.2 Å². The molecule has 238 valence electrons. The molecular weight excluding hydrogens is 572 g/mol. The first kappa shape index (κ1) is 32.3. The first-order valence-electron chi connectivity index (χ1n) is 16.5. The molecule has 0 bridgehead atoms. The Labute approximate surface area is 266 Å². The molecular formula is C34H48N6O3S. The van der Waals surface area contributed by atoms with E-state index in [4.69, 9.17) is 14.5 Å². The third-order valence-electron chi connectivity index (χ3n) is 8.41. The minimum atomic E-state index is -0.0536. The number of para-hydroxylation sites is 1. The largest absolute Gasteiger partial charge is 0.475 e. The zero-order chi connectivity index (χ0) is 30.4. The van der Waals surface area contributed by atoms with E-state index in [2.05, 4.69) is 61.7 Å². The third-order valence-corrected chi connectivity index (χ3v) is 8.92. The Morgan fingerprint density at radius 3 is 2.68 bits per heavy atom. The standard InChI is InChI=1S/C34H48N6O3S/c1-40-21-12-14-26(24-40)32-34(39-44-38-32)43-23-13-22-42-25-31(41)35-19-10-4-2-3-5-11-20-36-33-27-15-6-8-17-29(27)37-30-18-9-7-16-28(30)33/h6,8,14-15,17H,2-5,7,9-13,16,18-25H2,1H3,(H,35,41)(H,36,37). The average molecular weight is 621 g/mol. The summed E-state index contributed by atoms with van der Waals surface area (Å²) in [5.74, 6) is 0.546. The van der Waals surface area contributed by atoms with Crippen LogP contribution in [0.2, 0.25) is 0 Å². The summed E-state index contributed by atoms with van der Waals surface area (Å²) >= 11 is 1.18. The van der Waals surface area contributed by atoms with Crippen molar-refractivity contribution in [3.63, 3.8) is 0 Å². The van der Waals surface area contributed by atoms with Crippen molar-refractivity contribution in [1.29, 1.82) is 0 Å². The van der Waals surface area contributed by atoms with Gasteiger partial charge in [-0.05, 0) is 69.2 Å². The fourth-order valence-electron chi connectivity index (χ4n) is 6.05. The highest BCUT2D eigenvalue weighted by Gasteiger charge is 2.19. The fourth-order valence-corrected chi connectivity index (χ4v) is 6.59. The highest BCUT2D eigenvalue weighted by molar-refractivity contribution is 6.99. The molecule has 2 aromatic heterocycles. The molecule has 0 saturated carbocycles. The van der Waals surface area contributed by atoms with Crippen LogP contribution in [0.15, 0.2) is 30.3 Å². The lowest BCUT2D eigenvalue weighted by molar-refractivity contribution is -0.125. The number of amides is 1. The molecule has 1 aliphatic heterocycles. The van der Waals surface area contributed by atoms with Crippen molar-refractivity contribution < 1.29 is 14.3 Å². The van der Waals surface area contributed by atoms with Crippen molar-refractivity contribution in [2.45, 2.75) is 77.0 Å². The SMILES string of the molecule is CN1CCC=C(c2nsnc2OCCCOCC(=O)NCCCCCCCCNc2c3c(nc4ccccc24)CCCC3)C1. The summed E-state index contributed by atoms with van der Waals surface area (Å²) in [4.78, 5) is 19.3. The number of nitrogens with zero attached hydrogens (tertiary/aromatic N) is 4. The van der Waals surface area contributed by atoms with E-state index in [9.17, 15) is 4.79 Å². The van der Waals surface area contributed by atoms with Gasteiger partial charge in [-0.25, -0.2) is 0 Å². The molecule has 1 amide bonds. The average Bonchev–Trinajstić information content (AvgIpc) is 3.51. The molecule has 2 aliphatic rings. The normalized spacial score (nSPS) is 15.2. The fraction of sp³-hybridized carbons (Fsp3) is 0.588. The molecule has 9 nitrogen and oxygen atoms in total. The van der Waals surface area contributed by atoms with Crippen molar-refractivity contribution in [2.24, 2.45) is 0 Å². The van der Waals surface area contributed by atoms with E-state index in [-0.39, 0.29) is 12.5 Å². The Hall–Kier alpha value is -3.08. The second kappa shape index (κ2) is 17.4. The van der Waals surface area contributed by atoms with E-state index < -0.39 is 0 Å². The van der Waals surface area contributed by atoms with E-state index in [0.29, 0.717) is 32.1 Å². The number of likely N-dealkylation sites (N-methyl/N-ethyl adjacent to an activating group) is 1. The van der Waals surface area contributed by atoms with Gasteiger partial charge in [0.2, 0.25) is 5.91 Å². The molecule has 2 N–H and O–H groups in total. The summed E-state index contributed by atoms with van der Waals surface area (Å²) in [6.07, 6.45) is 15.6. The van der Waals surface area contributed by atoms with Crippen LogP contribution in [0.25, 0.3) is 16.5 Å². The minimum absolute atomic E-state index is 0.0536. The summed E-state index contributed by atoms with van der Waals surface area (Å²) in [6.45, 7) is 4.69. The molecule has 10 heteroatoms. The Morgan fingerprint density at radius 1 is 0.977 bits per heavy atom. The molecule has 0 radical (unpaired) electrons. The van der Waals surface area contributed by atoms with Crippen LogP contribution in [0.5, 0.6) is 5.88 Å².